The van der Waals surface area contributed by atoms with Gasteiger partial charge in [0, 0.05) is 35.8 Å². The second kappa shape index (κ2) is 5.76. The fourth-order valence-corrected chi connectivity index (χ4v) is 2.80. The summed E-state index contributed by atoms with van der Waals surface area (Å²) in [4.78, 5) is 30.6. The summed E-state index contributed by atoms with van der Waals surface area (Å²) in [7, 11) is 1.73. The van der Waals surface area contributed by atoms with Crippen molar-refractivity contribution >= 4 is 28.3 Å². The van der Waals surface area contributed by atoms with Crippen molar-refractivity contribution in [2.75, 3.05) is 19.0 Å². The summed E-state index contributed by atoms with van der Waals surface area (Å²) in [6.07, 6.45) is 1.71. The Morgan fingerprint density at radius 1 is 1.45 bits per heavy atom. The summed E-state index contributed by atoms with van der Waals surface area (Å²) < 4.78 is 5.49. The van der Waals surface area contributed by atoms with E-state index in [-0.39, 0.29) is 18.4 Å². The number of aromatic nitrogens is 1. The van der Waals surface area contributed by atoms with E-state index in [9.17, 15) is 9.59 Å². The van der Waals surface area contributed by atoms with Gasteiger partial charge in [-0.05, 0) is 19.1 Å². The maximum atomic E-state index is 12.2. The molecule has 6 nitrogen and oxygen atoms in total. The smallest absolute Gasteiger partial charge is 0.260 e. The second-order valence-electron chi connectivity index (χ2n) is 5.09. The molecule has 0 atom stereocenters. The molecular weight excluding hydrogens is 302 g/mol. The summed E-state index contributed by atoms with van der Waals surface area (Å²) >= 11 is 1.42. The van der Waals surface area contributed by atoms with Crippen LogP contribution in [0.2, 0.25) is 0 Å². The molecule has 1 aliphatic rings. The number of ether oxygens (including phenoxy) is 1. The summed E-state index contributed by atoms with van der Waals surface area (Å²) in [5, 5.41) is 3.32. The van der Waals surface area contributed by atoms with E-state index in [2.05, 4.69) is 10.3 Å². The van der Waals surface area contributed by atoms with E-state index >= 15 is 0 Å². The van der Waals surface area contributed by atoms with E-state index in [0.29, 0.717) is 23.0 Å². The van der Waals surface area contributed by atoms with Crippen LogP contribution in [0.5, 0.6) is 5.75 Å². The molecule has 0 fully saturated rings. The lowest BCUT2D eigenvalue weighted by Crippen LogP contribution is -2.28. The van der Waals surface area contributed by atoms with Gasteiger partial charge in [0.2, 0.25) is 0 Å². The van der Waals surface area contributed by atoms with Gasteiger partial charge in [-0.2, -0.15) is 0 Å². The Kier molecular flexibility index (Phi) is 3.81. The maximum absolute atomic E-state index is 12.2. The summed E-state index contributed by atoms with van der Waals surface area (Å²) in [5.41, 5.74) is 1.36. The van der Waals surface area contributed by atoms with Crippen molar-refractivity contribution in [1.29, 1.82) is 0 Å². The van der Waals surface area contributed by atoms with Crippen LogP contribution < -0.4 is 10.1 Å². The summed E-state index contributed by atoms with van der Waals surface area (Å²) in [6, 6.07) is 5.20. The van der Waals surface area contributed by atoms with Gasteiger partial charge >= 0.3 is 0 Å². The molecule has 0 saturated carbocycles. The van der Waals surface area contributed by atoms with Gasteiger partial charge in [0.1, 0.15) is 5.75 Å². The molecule has 1 aromatic heterocycles. The summed E-state index contributed by atoms with van der Waals surface area (Å²) in [6.45, 7) is 2.39. The Balaban J connectivity index is 1.81. The maximum Gasteiger partial charge on any atom is 0.260 e. The molecule has 1 aromatic carbocycles. The van der Waals surface area contributed by atoms with Crippen LogP contribution in [-0.2, 0) is 11.3 Å². The highest BCUT2D eigenvalue weighted by atomic mass is 32.1. The molecule has 0 saturated heterocycles. The zero-order valence-electron chi connectivity index (χ0n) is 12.3. The molecule has 2 heterocycles. The molecule has 0 unspecified atom stereocenters. The minimum absolute atomic E-state index is 0.0136. The quantitative estimate of drug-likeness (QED) is 0.920. The number of nitrogens with zero attached hydrogens (tertiary/aromatic N) is 2. The molecule has 7 heteroatoms. The number of fused-ring (bicyclic) bond motifs is 1. The van der Waals surface area contributed by atoms with E-state index in [1.54, 1.807) is 30.3 Å². The topological polar surface area (TPSA) is 71.5 Å². The lowest BCUT2D eigenvalue weighted by atomic mass is 10.1. The number of likely N-dealkylation sites (N-methyl/N-ethyl adjacent to an activating group) is 1. The van der Waals surface area contributed by atoms with Crippen LogP contribution in [0.4, 0.5) is 5.13 Å². The Labute approximate surface area is 131 Å². The van der Waals surface area contributed by atoms with Crippen LogP contribution in [0.25, 0.3) is 0 Å². The average molecular weight is 317 g/mol. The van der Waals surface area contributed by atoms with Crippen LogP contribution in [0.1, 0.15) is 20.8 Å². The van der Waals surface area contributed by atoms with Gasteiger partial charge in [0.05, 0.1) is 0 Å². The number of anilines is 1. The van der Waals surface area contributed by atoms with Gasteiger partial charge < -0.3 is 9.64 Å². The first-order chi connectivity index (χ1) is 10.5. The van der Waals surface area contributed by atoms with Crippen molar-refractivity contribution in [3.05, 3.63) is 40.4 Å². The van der Waals surface area contributed by atoms with Gasteiger partial charge in [-0.25, -0.2) is 4.98 Å². The molecule has 2 aromatic rings. The van der Waals surface area contributed by atoms with Crippen molar-refractivity contribution in [2.24, 2.45) is 0 Å². The number of benzene rings is 1. The lowest BCUT2D eigenvalue weighted by Gasteiger charge is -2.12. The molecule has 0 spiro atoms. The van der Waals surface area contributed by atoms with Crippen molar-refractivity contribution in [1.82, 2.24) is 9.88 Å². The number of aryl methyl sites for hydroxylation is 1. The van der Waals surface area contributed by atoms with Crippen LogP contribution in [0.3, 0.4) is 0 Å². The predicted molar refractivity (Wildman–Crippen MR) is 83.2 cm³/mol. The number of hydrogen-bond acceptors (Lipinski definition) is 5. The zero-order chi connectivity index (χ0) is 15.7. The molecule has 3 rings (SSSR count). The molecule has 22 heavy (non-hydrogen) atoms. The first kappa shape index (κ1) is 14.5. The first-order valence-corrected chi connectivity index (χ1v) is 7.58. The highest BCUT2D eigenvalue weighted by Gasteiger charge is 2.20. The number of nitrogens with one attached hydrogen (secondary N) is 1. The molecule has 1 aliphatic heterocycles. The molecular formula is C15H15N3O3S. The molecule has 1 N–H and O–H groups in total. The third kappa shape index (κ3) is 2.94. The van der Waals surface area contributed by atoms with E-state index in [4.69, 9.17) is 4.74 Å². The van der Waals surface area contributed by atoms with Crippen LogP contribution >= 0.6 is 11.3 Å². The molecule has 0 bridgehead atoms. The van der Waals surface area contributed by atoms with E-state index < -0.39 is 0 Å². The Bertz CT molecular complexity index is 741. The number of carbonyl (C=O) groups excluding carboxylic acids is 2. The number of thiazole rings is 1. The summed E-state index contributed by atoms with van der Waals surface area (Å²) in [5.74, 6) is 0.241. The molecule has 0 radical (unpaired) electrons. The Morgan fingerprint density at radius 3 is 3.00 bits per heavy atom. The number of carbonyl (C=O) groups is 2. The first-order valence-electron chi connectivity index (χ1n) is 6.76. The highest BCUT2D eigenvalue weighted by Crippen LogP contribution is 2.25. The second-order valence-corrected chi connectivity index (χ2v) is 6.33. The van der Waals surface area contributed by atoms with Gasteiger partial charge in [-0.15, -0.1) is 11.3 Å². The van der Waals surface area contributed by atoms with Crippen LogP contribution in [0.15, 0.2) is 24.4 Å². The number of hydrogen-bond donors (Lipinski definition) is 1. The van der Waals surface area contributed by atoms with Gasteiger partial charge in [0.25, 0.3) is 11.8 Å². The largest absolute Gasteiger partial charge is 0.483 e. The van der Waals surface area contributed by atoms with Crippen molar-refractivity contribution in [2.45, 2.75) is 13.5 Å². The van der Waals surface area contributed by atoms with Crippen molar-refractivity contribution < 1.29 is 14.3 Å². The van der Waals surface area contributed by atoms with E-state index in [1.807, 2.05) is 13.0 Å². The van der Waals surface area contributed by atoms with Crippen molar-refractivity contribution in [3.8, 4) is 5.75 Å². The predicted octanol–water partition coefficient (Wildman–Crippen LogP) is 2.05. The molecule has 2 amide bonds. The zero-order valence-corrected chi connectivity index (χ0v) is 13.1. The van der Waals surface area contributed by atoms with Gasteiger partial charge in [0.15, 0.2) is 11.7 Å². The van der Waals surface area contributed by atoms with Gasteiger partial charge in [-0.3, -0.25) is 14.9 Å². The third-order valence-corrected chi connectivity index (χ3v) is 4.18. The lowest BCUT2D eigenvalue weighted by molar-refractivity contribution is -0.131. The minimum Gasteiger partial charge on any atom is -0.483 e. The average Bonchev–Trinajstić information content (AvgIpc) is 2.84. The fourth-order valence-electron chi connectivity index (χ4n) is 2.14. The minimum atomic E-state index is -0.246. The highest BCUT2D eigenvalue weighted by molar-refractivity contribution is 7.15. The molecule has 0 aliphatic carbocycles. The standard InChI is InChI=1S/C15H15N3O3S/c1-9-6-16-15(22-9)17-14(20)10-3-4-11-7-18(2)13(19)8-21-12(11)5-10/h3-6H,7-8H2,1-2H3,(H,16,17,20). The fraction of sp³-hybridized carbons (Fsp3) is 0.267. The monoisotopic (exact) mass is 317 g/mol. The number of rotatable bonds is 2. The Morgan fingerprint density at radius 2 is 2.27 bits per heavy atom. The van der Waals surface area contributed by atoms with Crippen molar-refractivity contribution in [3.63, 3.8) is 0 Å². The SMILES string of the molecule is Cc1cnc(NC(=O)c2ccc3c(c2)OCC(=O)N(C)C3)s1. The third-order valence-electron chi connectivity index (χ3n) is 3.36. The number of amides is 2. The van der Waals surface area contributed by atoms with Crippen LogP contribution in [-0.4, -0.2) is 35.4 Å². The Hall–Kier alpha value is -2.41. The van der Waals surface area contributed by atoms with Gasteiger partial charge in [-0.1, -0.05) is 6.07 Å². The normalized spacial score (nSPS) is 14.1. The van der Waals surface area contributed by atoms with E-state index in [0.717, 1.165) is 10.4 Å². The van der Waals surface area contributed by atoms with Crippen LogP contribution in [0, 0.1) is 6.92 Å². The molecule has 114 valence electrons. The van der Waals surface area contributed by atoms with E-state index in [1.165, 1.54) is 11.3 Å².